The van der Waals surface area contributed by atoms with Gasteiger partial charge in [0.05, 0.1) is 11.6 Å². The van der Waals surface area contributed by atoms with Crippen LogP contribution >= 0.6 is 0 Å². The van der Waals surface area contributed by atoms with Crippen LogP contribution in [0.15, 0.2) is 72.3 Å². The Bertz CT molecular complexity index is 1310. The van der Waals surface area contributed by atoms with Gasteiger partial charge in [-0.15, -0.1) is 0 Å². The van der Waals surface area contributed by atoms with Crippen molar-refractivity contribution in [2.75, 3.05) is 18.1 Å². The summed E-state index contributed by atoms with van der Waals surface area (Å²) in [6, 6.07) is 19.3. The van der Waals surface area contributed by atoms with E-state index in [0.717, 1.165) is 16.7 Å². The Kier molecular flexibility index (Phi) is 5.13. The Morgan fingerprint density at radius 2 is 1.58 bits per heavy atom. The maximum absolute atomic E-state index is 13.3. The van der Waals surface area contributed by atoms with Gasteiger partial charge >= 0.3 is 0 Å². The third kappa shape index (κ3) is 3.63. The first-order valence-electron chi connectivity index (χ1n) is 10.8. The van der Waals surface area contributed by atoms with Gasteiger partial charge in [-0.25, -0.2) is 0 Å². The molecule has 1 amide bonds. The molecular formula is C27H23NO5. The van der Waals surface area contributed by atoms with Gasteiger partial charge in [0.15, 0.2) is 11.5 Å². The van der Waals surface area contributed by atoms with E-state index in [2.05, 4.69) is 0 Å². The summed E-state index contributed by atoms with van der Waals surface area (Å²) in [5.74, 6) is -0.577. The van der Waals surface area contributed by atoms with Crippen LogP contribution in [-0.4, -0.2) is 30.0 Å². The number of rotatable bonds is 3. The highest BCUT2D eigenvalue weighted by Gasteiger charge is 2.47. The number of ketones is 1. The maximum atomic E-state index is 13.3. The number of anilines is 1. The monoisotopic (exact) mass is 441 g/mol. The molecule has 1 N–H and O–H groups in total. The van der Waals surface area contributed by atoms with Crippen LogP contribution in [0.4, 0.5) is 5.69 Å². The largest absolute Gasteiger partial charge is 0.507 e. The first-order valence-corrected chi connectivity index (χ1v) is 10.8. The minimum Gasteiger partial charge on any atom is -0.507 e. The molecule has 2 heterocycles. The molecule has 1 unspecified atom stereocenters. The molecule has 2 aliphatic heterocycles. The quantitative estimate of drug-likeness (QED) is 0.362. The molecule has 6 nitrogen and oxygen atoms in total. The van der Waals surface area contributed by atoms with E-state index in [9.17, 15) is 14.7 Å². The summed E-state index contributed by atoms with van der Waals surface area (Å²) in [7, 11) is 0. The van der Waals surface area contributed by atoms with Gasteiger partial charge in [-0.1, -0.05) is 42.0 Å². The molecule has 0 aliphatic carbocycles. The second kappa shape index (κ2) is 8.13. The predicted octanol–water partition coefficient (Wildman–Crippen LogP) is 4.70. The number of aliphatic hydroxyl groups is 1. The van der Waals surface area contributed by atoms with Crippen LogP contribution in [-0.2, 0) is 9.59 Å². The third-order valence-electron chi connectivity index (χ3n) is 5.90. The van der Waals surface area contributed by atoms with E-state index in [1.54, 1.807) is 24.3 Å². The number of carbonyl (C=O) groups excluding carboxylic acids is 2. The lowest BCUT2D eigenvalue weighted by atomic mass is 9.94. The first-order chi connectivity index (χ1) is 15.9. The fourth-order valence-corrected chi connectivity index (χ4v) is 4.38. The van der Waals surface area contributed by atoms with Crippen molar-refractivity contribution in [2.45, 2.75) is 19.9 Å². The molecule has 166 valence electrons. The van der Waals surface area contributed by atoms with Gasteiger partial charge in [-0.3, -0.25) is 14.5 Å². The number of hydrogen-bond donors (Lipinski definition) is 1. The number of ether oxygens (including phenoxy) is 2. The van der Waals surface area contributed by atoms with E-state index in [4.69, 9.17) is 9.47 Å². The van der Waals surface area contributed by atoms with E-state index in [-0.39, 0.29) is 11.3 Å². The number of nitrogens with zero attached hydrogens (tertiary/aromatic N) is 1. The molecule has 1 saturated heterocycles. The SMILES string of the molecule is Cc1cccc(C2/C(=C(/O)c3ccc4c(c3)OCCO4)C(=O)C(=O)N2c2cccc(C)c2)c1. The zero-order chi connectivity index (χ0) is 23.1. The van der Waals surface area contributed by atoms with Gasteiger partial charge in [-0.2, -0.15) is 0 Å². The van der Waals surface area contributed by atoms with Crippen LogP contribution < -0.4 is 14.4 Å². The molecule has 2 aliphatic rings. The molecule has 0 spiro atoms. The number of amides is 1. The Balaban J connectivity index is 1.71. The highest BCUT2D eigenvalue weighted by Crippen LogP contribution is 2.43. The topological polar surface area (TPSA) is 76.1 Å². The number of Topliss-reactive ketones (excluding diaryl/α,β-unsaturated/α-hetero) is 1. The summed E-state index contributed by atoms with van der Waals surface area (Å²) in [5, 5.41) is 11.3. The van der Waals surface area contributed by atoms with Crippen LogP contribution in [0.1, 0.15) is 28.3 Å². The average molecular weight is 441 g/mol. The van der Waals surface area contributed by atoms with Crippen LogP contribution in [0.3, 0.4) is 0 Å². The molecule has 6 heteroatoms. The van der Waals surface area contributed by atoms with Crippen LogP contribution in [0, 0.1) is 13.8 Å². The number of hydrogen-bond acceptors (Lipinski definition) is 5. The van der Waals surface area contributed by atoms with E-state index in [1.807, 2.05) is 56.3 Å². The zero-order valence-electron chi connectivity index (χ0n) is 18.4. The second-order valence-electron chi connectivity index (χ2n) is 8.28. The first kappa shape index (κ1) is 20.8. The summed E-state index contributed by atoms with van der Waals surface area (Å²) in [4.78, 5) is 28.0. The molecule has 0 aromatic heterocycles. The van der Waals surface area contributed by atoms with E-state index >= 15 is 0 Å². The number of benzene rings is 3. The highest BCUT2D eigenvalue weighted by molar-refractivity contribution is 6.51. The van der Waals surface area contributed by atoms with E-state index in [0.29, 0.717) is 36.0 Å². The minimum absolute atomic E-state index is 0.0452. The van der Waals surface area contributed by atoms with E-state index in [1.165, 1.54) is 4.90 Å². The third-order valence-corrected chi connectivity index (χ3v) is 5.90. The van der Waals surface area contributed by atoms with Gasteiger partial charge < -0.3 is 14.6 Å². The summed E-state index contributed by atoms with van der Waals surface area (Å²) < 4.78 is 11.2. The van der Waals surface area contributed by atoms with Gasteiger partial charge in [-0.05, 0) is 55.3 Å². The molecule has 0 saturated carbocycles. The Hall–Kier alpha value is -4.06. The van der Waals surface area contributed by atoms with Gasteiger partial charge in [0, 0.05) is 11.3 Å². The summed E-state index contributed by atoms with van der Waals surface area (Å²) in [6.45, 7) is 4.73. The van der Waals surface area contributed by atoms with Crippen molar-refractivity contribution in [1.29, 1.82) is 0 Å². The van der Waals surface area contributed by atoms with Crippen molar-refractivity contribution >= 4 is 23.1 Å². The van der Waals surface area contributed by atoms with Gasteiger partial charge in [0.25, 0.3) is 11.7 Å². The fourth-order valence-electron chi connectivity index (χ4n) is 4.38. The zero-order valence-corrected chi connectivity index (χ0v) is 18.4. The lowest BCUT2D eigenvalue weighted by molar-refractivity contribution is -0.132. The number of fused-ring (bicyclic) bond motifs is 1. The summed E-state index contributed by atoms with van der Waals surface area (Å²) in [5.41, 5.74) is 3.73. The Morgan fingerprint density at radius 3 is 2.30 bits per heavy atom. The van der Waals surface area contributed by atoms with Crippen LogP contribution in [0.25, 0.3) is 5.76 Å². The molecular weight excluding hydrogens is 418 g/mol. The lowest BCUT2D eigenvalue weighted by Gasteiger charge is -2.26. The van der Waals surface area contributed by atoms with Crippen molar-refractivity contribution in [3.05, 3.63) is 94.6 Å². The highest BCUT2D eigenvalue weighted by atomic mass is 16.6. The maximum Gasteiger partial charge on any atom is 0.300 e. The van der Waals surface area contributed by atoms with Crippen molar-refractivity contribution in [3.8, 4) is 11.5 Å². The van der Waals surface area contributed by atoms with Gasteiger partial charge in [0.1, 0.15) is 19.0 Å². The number of aliphatic hydroxyl groups excluding tert-OH is 1. The lowest BCUT2D eigenvalue weighted by Crippen LogP contribution is -2.29. The van der Waals surface area contributed by atoms with E-state index < -0.39 is 17.7 Å². The van der Waals surface area contributed by atoms with Crippen molar-refractivity contribution in [3.63, 3.8) is 0 Å². The fraction of sp³-hybridized carbons (Fsp3) is 0.185. The second-order valence-corrected chi connectivity index (χ2v) is 8.28. The molecule has 1 fully saturated rings. The van der Waals surface area contributed by atoms with Gasteiger partial charge in [0.2, 0.25) is 0 Å². The summed E-state index contributed by atoms with van der Waals surface area (Å²) >= 11 is 0. The smallest absolute Gasteiger partial charge is 0.300 e. The molecule has 1 atom stereocenters. The number of aryl methyl sites for hydroxylation is 2. The van der Waals surface area contributed by atoms with Crippen molar-refractivity contribution in [1.82, 2.24) is 0 Å². The molecule has 33 heavy (non-hydrogen) atoms. The molecule has 3 aromatic rings. The van der Waals surface area contributed by atoms with Crippen LogP contribution in [0.5, 0.6) is 11.5 Å². The minimum atomic E-state index is -0.764. The predicted molar refractivity (Wildman–Crippen MR) is 125 cm³/mol. The van der Waals surface area contributed by atoms with Crippen molar-refractivity contribution < 1.29 is 24.2 Å². The summed E-state index contributed by atoms with van der Waals surface area (Å²) in [6.07, 6.45) is 0. The van der Waals surface area contributed by atoms with Crippen molar-refractivity contribution in [2.24, 2.45) is 0 Å². The standard InChI is InChI=1S/C27H23NO5/c1-16-5-3-7-18(13-16)24-23(25(29)19-9-10-21-22(15-19)33-12-11-32-21)26(30)27(31)28(24)20-8-4-6-17(2)14-20/h3-10,13-15,24,29H,11-12H2,1-2H3/b25-23-. The average Bonchev–Trinajstić information content (AvgIpc) is 3.09. The Labute approximate surface area is 191 Å². The molecule has 0 bridgehead atoms. The molecule has 5 rings (SSSR count). The van der Waals surface area contributed by atoms with Crippen LogP contribution in [0.2, 0.25) is 0 Å². The Morgan fingerprint density at radius 1 is 0.879 bits per heavy atom. The number of carbonyl (C=O) groups is 2. The molecule has 0 radical (unpaired) electrons. The molecule has 3 aromatic carbocycles. The normalized spacial score (nSPS) is 19.1.